The molecule has 0 aliphatic heterocycles. The van der Waals surface area contributed by atoms with Crippen molar-refractivity contribution in [1.29, 1.82) is 0 Å². The highest BCUT2D eigenvalue weighted by atomic mass is 35.5. The van der Waals surface area contributed by atoms with E-state index in [1.165, 1.54) is 27.4 Å². The molecule has 0 spiro atoms. The Morgan fingerprint density at radius 2 is 1.83 bits per heavy atom. The summed E-state index contributed by atoms with van der Waals surface area (Å²) in [5, 5.41) is 15.7. The van der Waals surface area contributed by atoms with Gasteiger partial charge in [-0.1, -0.05) is 41.4 Å². The second kappa shape index (κ2) is 12.6. The summed E-state index contributed by atoms with van der Waals surface area (Å²) in [6.07, 6.45) is 2.26. The van der Waals surface area contributed by atoms with E-state index in [9.17, 15) is 19.5 Å². The van der Waals surface area contributed by atoms with Gasteiger partial charge in [0.1, 0.15) is 11.3 Å². The molecular weight excluding hydrogens is 571 g/mol. The number of methoxy groups -OCH3 is 1. The van der Waals surface area contributed by atoms with E-state index in [0.717, 1.165) is 14.7 Å². The van der Waals surface area contributed by atoms with Gasteiger partial charge in [-0.3, -0.25) is 19.1 Å². The molecule has 214 valence electrons. The molecule has 13 heteroatoms. The van der Waals surface area contributed by atoms with Crippen LogP contribution < -0.4 is 26.6 Å². The lowest BCUT2D eigenvalue weighted by atomic mass is 10.0. The summed E-state index contributed by atoms with van der Waals surface area (Å²) in [7, 11) is 4.26. The molecular formula is C28H28Cl2N6O5. The fraction of sp³-hybridized carbons (Fsp3) is 0.250. The third kappa shape index (κ3) is 6.33. The van der Waals surface area contributed by atoms with Crippen molar-refractivity contribution in [3.8, 4) is 28.4 Å². The molecule has 3 heterocycles. The fourth-order valence-electron chi connectivity index (χ4n) is 4.15. The van der Waals surface area contributed by atoms with Gasteiger partial charge in [-0.2, -0.15) is 0 Å². The number of nitrogens with one attached hydrogen (secondary N) is 2. The Bertz CT molecular complexity index is 1730. The maximum Gasteiger partial charge on any atom is 0.330 e. The van der Waals surface area contributed by atoms with Gasteiger partial charge < -0.3 is 25.0 Å². The van der Waals surface area contributed by atoms with Crippen molar-refractivity contribution >= 4 is 34.8 Å². The summed E-state index contributed by atoms with van der Waals surface area (Å²) in [5.74, 6) is -0.336. The Morgan fingerprint density at radius 3 is 2.54 bits per heavy atom. The first-order valence-corrected chi connectivity index (χ1v) is 13.2. The summed E-state index contributed by atoms with van der Waals surface area (Å²) < 4.78 is 7.47. The minimum Gasteiger partial charge on any atom is -0.481 e. The molecule has 0 saturated carbocycles. The molecule has 11 nitrogen and oxygen atoms in total. The van der Waals surface area contributed by atoms with Gasteiger partial charge >= 0.3 is 5.69 Å². The number of aliphatic hydroxyl groups excluding tert-OH is 1. The lowest BCUT2D eigenvalue weighted by Gasteiger charge is -2.15. The monoisotopic (exact) mass is 598 g/mol. The number of benzene rings is 1. The minimum absolute atomic E-state index is 0.187. The molecule has 0 bridgehead atoms. The van der Waals surface area contributed by atoms with Crippen LogP contribution in [0.4, 0.5) is 5.69 Å². The lowest BCUT2D eigenvalue weighted by Crippen LogP contribution is -2.40. The Labute approximate surface area is 245 Å². The maximum atomic E-state index is 13.0. The number of rotatable bonds is 9. The van der Waals surface area contributed by atoms with Crippen molar-refractivity contribution in [3.05, 3.63) is 90.8 Å². The highest BCUT2D eigenvalue weighted by molar-refractivity contribution is 6.39. The summed E-state index contributed by atoms with van der Waals surface area (Å²) in [6.45, 7) is 2.56. The Morgan fingerprint density at radius 1 is 1.10 bits per heavy atom. The first-order chi connectivity index (χ1) is 19.5. The third-order valence-electron chi connectivity index (χ3n) is 6.25. The van der Waals surface area contributed by atoms with Crippen LogP contribution in [0.1, 0.15) is 22.8 Å². The van der Waals surface area contributed by atoms with Gasteiger partial charge in [-0.05, 0) is 25.1 Å². The van der Waals surface area contributed by atoms with Gasteiger partial charge in [-0.15, -0.1) is 0 Å². The summed E-state index contributed by atoms with van der Waals surface area (Å²) in [4.78, 5) is 46.5. The molecule has 4 rings (SSSR count). The lowest BCUT2D eigenvalue weighted by molar-refractivity contribution is 0.102. The zero-order chi connectivity index (χ0) is 29.8. The van der Waals surface area contributed by atoms with Crippen LogP contribution >= 0.6 is 23.2 Å². The number of aliphatic hydroxyl groups is 1. The second-order valence-corrected chi connectivity index (χ2v) is 10.0. The zero-order valence-electron chi connectivity index (χ0n) is 22.7. The highest BCUT2D eigenvalue weighted by Gasteiger charge is 2.20. The van der Waals surface area contributed by atoms with E-state index in [-0.39, 0.29) is 21.3 Å². The SMILES string of the molecule is COc1nc(-c2nccc(-c3cccc(NC(=O)c4cn(C)c(=O)n(C)c4=O)c3Cl)c2Cl)ccc1CNC[C@@H](C)O. The molecule has 41 heavy (non-hydrogen) atoms. The van der Waals surface area contributed by atoms with E-state index < -0.39 is 23.3 Å². The van der Waals surface area contributed by atoms with Crippen LogP contribution in [0, 0.1) is 0 Å². The number of halogens is 2. The van der Waals surface area contributed by atoms with Crippen LogP contribution in [-0.4, -0.2) is 49.9 Å². The molecule has 0 unspecified atom stereocenters. The molecule has 1 atom stereocenters. The molecule has 0 radical (unpaired) electrons. The molecule has 0 aliphatic rings. The van der Waals surface area contributed by atoms with Crippen LogP contribution in [0.2, 0.25) is 10.0 Å². The second-order valence-electron chi connectivity index (χ2n) is 9.29. The van der Waals surface area contributed by atoms with Crippen LogP contribution in [0.5, 0.6) is 5.88 Å². The van der Waals surface area contributed by atoms with Crippen molar-refractivity contribution in [3.63, 3.8) is 0 Å². The van der Waals surface area contributed by atoms with Crippen molar-refractivity contribution in [1.82, 2.24) is 24.4 Å². The number of hydrogen-bond donors (Lipinski definition) is 3. The maximum absolute atomic E-state index is 13.0. The van der Waals surface area contributed by atoms with Gasteiger partial charge in [0.25, 0.3) is 11.5 Å². The first-order valence-electron chi connectivity index (χ1n) is 12.5. The normalized spacial score (nSPS) is 11.8. The number of nitrogens with zero attached hydrogens (tertiary/aromatic N) is 4. The van der Waals surface area contributed by atoms with Crippen molar-refractivity contribution in [2.24, 2.45) is 14.1 Å². The number of carbonyl (C=O) groups is 1. The first kappa shape index (κ1) is 29.9. The van der Waals surface area contributed by atoms with Gasteiger partial charge in [0.05, 0.1) is 34.6 Å². The number of anilines is 1. The molecule has 3 N–H and O–H groups in total. The van der Waals surface area contributed by atoms with E-state index in [1.54, 1.807) is 43.5 Å². The molecule has 0 aliphatic carbocycles. The predicted molar refractivity (Wildman–Crippen MR) is 158 cm³/mol. The number of carbonyl (C=O) groups excluding carboxylic acids is 1. The average molecular weight is 599 g/mol. The molecule has 0 fully saturated rings. The minimum atomic E-state index is -0.729. The Balaban J connectivity index is 1.67. The van der Waals surface area contributed by atoms with Gasteiger partial charge in [0, 0.05) is 56.3 Å². The summed E-state index contributed by atoms with van der Waals surface area (Å²) in [5.41, 5.74) is 1.46. The van der Waals surface area contributed by atoms with Crippen LogP contribution in [0.15, 0.2) is 58.4 Å². The highest BCUT2D eigenvalue weighted by Crippen LogP contribution is 2.40. The van der Waals surface area contributed by atoms with E-state index in [1.807, 2.05) is 6.07 Å². The van der Waals surface area contributed by atoms with Gasteiger partial charge in [0.2, 0.25) is 5.88 Å². The van der Waals surface area contributed by atoms with E-state index in [4.69, 9.17) is 27.9 Å². The number of pyridine rings is 2. The standard InChI is InChI=1S/C28H28Cl2N6O5/c1-15(37)12-31-13-16-8-9-21(34-26(16)41-4)24-23(30)18(10-11-32-24)17-6-5-7-20(22(17)29)33-25(38)19-14-35(2)28(40)36(3)27(19)39/h5-11,14-15,31,37H,12-13H2,1-4H3,(H,33,38)/t15-/m1/s1. The van der Waals surface area contributed by atoms with Crippen molar-refractivity contribution in [2.45, 2.75) is 19.6 Å². The van der Waals surface area contributed by atoms with Crippen LogP contribution in [-0.2, 0) is 20.6 Å². The zero-order valence-corrected chi connectivity index (χ0v) is 24.2. The Kier molecular flexibility index (Phi) is 9.24. The fourth-order valence-corrected chi connectivity index (χ4v) is 4.73. The molecule has 4 aromatic rings. The predicted octanol–water partition coefficient (Wildman–Crippen LogP) is 3.25. The van der Waals surface area contributed by atoms with Gasteiger partial charge in [-0.25, -0.2) is 9.78 Å². The Hall–Kier alpha value is -4.03. The molecule has 0 saturated heterocycles. The van der Waals surface area contributed by atoms with E-state index >= 15 is 0 Å². The molecule has 3 aromatic heterocycles. The van der Waals surface area contributed by atoms with E-state index in [2.05, 4.69) is 20.6 Å². The third-order valence-corrected chi connectivity index (χ3v) is 7.04. The average Bonchev–Trinajstić information content (AvgIpc) is 2.95. The number of amides is 1. The van der Waals surface area contributed by atoms with Crippen molar-refractivity contribution in [2.75, 3.05) is 19.0 Å². The van der Waals surface area contributed by atoms with Crippen LogP contribution in [0.3, 0.4) is 0 Å². The summed E-state index contributed by atoms with van der Waals surface area (Å²) >= 11 is 13.5. The number of hydrogen-bond acceptors (Lipinski definition) is 8. The molecule has 1 amide bonds. The van der Waals surface area contributed by atoms with E-state index in [0.29, 0.717) is 41.5 Å². The van der Waals surface area contributed by atoms with Crippen molar-refractivity contribution < 1.29 is 14.6 Å². The number of aryl methyl sites for hydroxylation is 1. The van der Waals surface area contributed by atoms with Crippen LogP contribution in [0.25, 0.3) is 22.5 Å². The molecule has 1 aromatic carbocycles. The largest absolute Gasteiger partial charge is 0.481 e. The smallest absolute Gasteiger partial charge is 0.330 e. The summed E-state index contributed by atoms with van der Waals surface area (Å²) in [6, 6.07) is 10.3. The number of aromatic nitrogens is 4. The van der Waals surface area contributed by atoms with Gasteiger partial charge in [0.15, 0.2) is 0 Å². The topological polar surface area (TPSA) is 140 Å². The number of ether oxygens (including phenoxy) is 1. The quantitative estimate of drug-likeness (QED) is 0.267.